The second-order valence-electron chi connectivity index (χ2n) is 13.8. The molecule has 204 valence electrons. The molecule has 0 spiro atoms. The number of hydrogen-bond acceptors (Lipinski definition) is 1. The predicted molar refractivity (Wildman–Crippen MR) is 180 cm³/mol. The van der Waals surface area contributed by atoms with Crippen LogP contribution >= 0.6 is 0 Å². The Kier molecular flexibility index (Phi) is 4.65. The highest BCUT2D eigenvalue weighted by molar-refractivity contribution is 6.26. The van der Waals surface area contributed by atoms with Gasteiger partial charge in [0.05, 0.1) is 0 Å². The number of hydrogen-bond donors (Lipinski definition) is 1. The number of rotatable bonds is 0. The quantitative estimate of drug-likeness (QED) is 0.150. The van der Waals surface area contributed by atoms with Crippen molar-refractivity contribution >= 4 is 43.1 Å². The maximum Gasteiger partial charge on any atom is 0.0159 e. The summed E-state index contributed by atoms with van der Waals surface area (Å²) in [6, 6.07) is 35.1. The van der Waals surface area contributed by atoms with Crippen molar-refractivity contribution < 1.29 is 0 Å². The van der Waals surface area contributed by atoms with Crippen molar-refractivity contribution in [2.45, 2.75) is 45.4 Å². The second kappa shape index (κ2) is 8.00. The van der Waals surface area contributed by atoms with Crippen LogP contribution < -0.4 is 5.32 Å². The molecule has 7 aromatic carbocycles. The van der Waals surface area contributed by atoms with Gasteiger partial charge in [0.25, 0.3) is 0 Å². The summed E-state index contributed by atoms with van der Waals surface area (Å²) >= 11 is 0. The van der Waals surface area contributed by atoms with Crippen LogP contribution in [0.4, 0.5) is 0 Å². The molecule has 1 aliphatic heterocycles. The van der Waals surface area contributed by atoms with Crippen molar-refractivity contribution in [1.29, 1.82) is 0 Å². The van der Waals surface area contributed by atoms with Crippen molar-refractivity contribution in [3.05, 3.63) is 119 Å². The van der Waals surface area contributed by atoms with Gasteiger partial charge in [0.1, 0.15) is 0 Å². The van der Waals surface area contributed by atoms with Crippen molar-refractivity contribution in [3.8, 4) is 22.3 Å². The maximum atomic E-state index is 3.00. The lowest BCUT2D eigenvalue weighted by Crippen LogP contribution is -2.17. The average Bonchev–Trinajstić information content (AvgIpc) is 3.84. The van der Waals surface area contributed by atoms with Crippen LogP contribution in [0.1, 0.15) is 55.5 Å². The Labute approximate surface area is 247 Å². The van der Waals surface area contributed by atoms with Crippen LogP contribution in [0.25, 0.3) is 65.3 Å². The highest BCUT2D eigenvalue weighted by Crippen LogP contribution is 2.59. The summed E-state index contributed by atoms with van der Waals surface area (Å²) < 4.78 is 0. The minimum atomic E-state index is -0.0719. The van der Waals surface area contributed by atoms with E-state index in [0.717, 1.165) is 0 Å². The smallest absolute Gasteiger partial charge is 0.0159 e. The third-order valence-electron chi connectivity index (χ3n) is 10.5. The van der Waals surface area contributed by atoms with E-state index in [9.17, 15) is 0 Å². The largest absolute Gasteiger partial charge is 0.314 e. The van der Waals surface area contributed by atoms with E-state index in [1.165, 1.54) is 106 Å². The summed E-state index contributed by atoms with van der Waals surface area (Å²) in [7, 11) is 0. The summed E-state index contributed by atoms with van der Waals surface area (Å²) in [5, 5.41) is 14.0. The van der Waals surface area contributed by atoms with E-state index in [1.807, 2.05) is 0 Å². The highest BCUT2D eigenvalue weighted by Gasteiger charge is 2.43. The minimum absolute atomic E-state index is 0.0504. The zero-order chi connectivity index (χ0) is 28.5. The third kappa shape index (κ3) is 3.02. The van der Waals surface area contributed by atoms with E-state index >= 15 is 0 Å². The molecule has 42 heavy (non-hydrogen) atoms. The van der Waals surface area contributed by atoms with Gasteiger partial charge in [0, 0.05) is 23.9 Å². The van der Waals surface area contributed by atoms with Gasteiger partial charge >= 0.3 is 0 Å². The van der Waals surface area contributed by atoms with E-state index in [-0.39, 0.29) is 10.8 Å². The van der Waals surface area contributed by atoms with E-state index in [4.69, 9.17) is 0 Å². The van der Waals surface area contributed by atoms with Gasteiger partial charge in [0.15, 0.2) is 0 Å². The fourth-order valence-electron chi connectivity index (χ4n) is 8.27. The number of benzene rings is 7. The zero-order valence-electron chi connectivity index (χ0n) is 25.1. The van der Waals surface area contributed by atoms with Crippen LogP contribution in [-0.4, -0.2) is 13.1 Å². The van der Waals surface area contributed by atoms with Gasteiger partial charge in [0.2, 0.25) is 0 Å². The molecule has 0 saturated carbocycles. The molecule has 0 unspecified atom stereocenters. The normalized spacial score (nSPS) is 16.8. The molecule has 0 atom stereocenters. The van der Waals surface area contributed by atoms with E-state index < -0.39 is 0 Å². The molecule has 7 aromatic rings. The molecule has 1 nitrogen and oxygen atoms in total. The van der Waals surface area contributed by atoms with Gasteiger partial charge in [-0.15, -0.1) is 0 Å². The molecule has 0 aromatic heterocycles. The number of aryl methyl sites for hydroxylation is 1. The van der Waals surface area contributed by atoms with Crippen LogP contribution in [0, 0.1) is 6.92 Å². The van der Waals surface area contributed by atoms with E-state index in [0.29, 0.717) is 0 Å². The molecule has 0 bridgehead atoms. The first-order valence-electron chi connectivity index (χ1n) is 15.4. The molecule has 3 aliphatic rings. The van der Waals surface area contributed by atoms with Crippen molar-refractivity contribution in [3.63, 3.8) is 0 Å². The number of fused-ring (bicyclic) bond motifs is 9. The Morgan fingerprint density at radius 3 is 1.69 bits per heavy atom. The second-order valence-corrected chi connectivity index (χ2v) is 13.8. The van der Waals surface area contributed by atoms with Crippen LogP contribution in [0.15, 0.2) is 91.0 Å². The lowest BCUT2D eigenvalue weighted by atomic mass is 9.79. The van der Waals surface area contributed by atoms with Gasteiger partial charge in [-0.25, -0.2) is 0 Å². The fourth-order valence-corrected chi connectivity index (χ4v) is 8.27. The van der Waals surface area contributed by atoms with Gasteiger partial charge in [-0.2, -0.15) is 0 Å². The molecule has 1 saturated heterocycles. The summed E-state index contributed by atoms with van der Waals surface area (Å²) in [6.45, 7) is 14.5. The lowest BCUT2D eigenvalue weighted by molar-refractivity contribution is 0.652. The predicted octanol–water partition coefficient (Wildman–Crippen LogP) is 10.2. The summed E-state index contributed by atoms with van der Waals surface area (Å²) in [5.41, 5.74) is 12.8. The monoisotopic (exact) mass is 541 g/mol. The van der Waals surface area contributed by atoms with Crippen molar-refractivity contribution in [1.82, 2.24) is 5.32 Å². The molecule has 10 rings (SSSR count). The Morgan fingerprint density at radius 1 is 0.500 bits per heavy atom. The fraction of sp³-hybridized carbons (Fsp3) is 0.220. The first kappa shape index (κ1) is 24.4. The molecule has 0 radical (unpaired) electrons. The van der Waals surface area contributed by atoms with Gasteiger partial charge in [-0.05, 0) is 118 Å². The molecule has 1 heteroatoms. The van der Waals surface area contributed by atoms with Gasteiger partial charge < -0.3 is 5.32 Å². The van der Waals surface area contributed by atoms with E-state index in [1.54, 1.807) is 0 Å². The Bertz CT molecular complexity index is 2260. The average molecular weight is 542 g/mol. The Hall–Kier alpha value is -4.20. The number of nitrogens with one attached hydrogen (secondary N) is 1. The Morgan fingerprint density at radius 2 is 1.05 bits per heavy atom. The topological polar surface area (TPSA) is 21.9 Å². The Balaban J connectivity index is 0.000000787. The summed E-state index contributed by atoms with van der Waals surface area (Å²) in [4.78, 5) is 0. The molecule has 2 aliphatic carbocycles. The molecule has 1 heterocycles. The molecule has 1 fully saturated rings. The minimum Gasteiger partial charge on any atom is -0.314 e. The summed E-state index contributed by atoms with van der Waals surface area (Å²) in [5.74, 6) is 0. The molecule has 0 amide bonds. The van der Waals surface area contributed by atoms with Gasteiger partial charge in [-0.1, -0.05) is 100 Å². The van der Waals surface area contributed by atoms with Crippen LogP contribution in [0.3, 0.4) is 0 Å². The van der Waals surface area contributed by atoms with Crippen molar-refractivity contribution in [2.75, 3.05) is 13.1 Å². The molecular weight excluding hydrogens is 506 g/mol. The van der Waals surface area contributed by atoms with Crippen LogP contribution in [0.2, 0.25) is 0 Å². The first-order chi connectivity index (χ1) is 20.3. The van der Waals surface area contributed by atoms with Crippen LogP contribution in [0.5, 0.6) is 0 Å². The zero-order valence-corrected chi connectivity index (χ0v) is 25.1. The SMILES string of the molecule is C1CN1.Cc1cc2c(c3ccccc13)-c1cc3c(cc1C2(C)C)-c1c(cc2ccc4cccc5ccc1c2c45)C3(C)C. The maximum absolute atomic E-state index is 3.00. The molecular formula is C41H35N. The first-order valence-corrected chi connectivity index (χ1v) is 15.4. The lowest BCUT2D eigenvalue weighted by Gasteiger charge is -2.24. The molecule has 1 N–H and O–H groups in total. The van der Waals surface area contributed by atoms with Gasteiger partial charge in [-0.3, -0.25) is 0 Å². The summed E-state index contributed by atoms with van der Waals surface area (Å²) in [6.07, 6.45) is 0. The standard InChI is InChI=1S/C39H30.C2H5N/c1-21-17-32-36(26-12-7-6-11-25(21)26)28-19-31-29(20-30(28)38(32,2)3)37-27-16-15-23-10-8-9-22-13-14-24(35(27)34(22)23)18-33(37)39(31,4)5;1-2-3-1/h6-20H,1-5H3;3H,1-2H2. The van der Waals surface area contributed by atoms with Crippen molar-refractivity contribution in [2.24, 2.45) is 0 Å². The van der Waals surface area contributed by atoms with E-state index in [2.05, 4.69) is 131 Å². The third-order valence-corrected chi connectivity index (χ3v) is 10.5. The van der Waals surface area contributed by atoms with Crippen LogP contribution in [-0.2, 0) is 10.8 Å². The highest BCUT2D eigenvalue weighted by atomic mass is 15.0.